The second kappa shape index (κ2) is 6.00. The van der Waals surface area contributed by atoms with Crippen molar-refractivity contribution in [1.82, 2.24) is 15.0 Å². The summed E-state index contributed by atoms with van der Waals surface area (Å²) in [5.41, 5.74) is 1.18. The molecule has 0 fully saturated rings. The molecule has 1 aromatic heterocycles. The van der Waals surface area contributed by atoms with Crippen molar-refractivity contribution in [3.05, 3.63) is 34.9 Å². The van der Waals surface area contributed by atoms with Crippen molar-refractivity contribution < 1.29 is 9.13 Å². The van der Waals surface area contributed by atoms with Gasteiger partial charge in [-0.05, 0) is 56.1 Å². The van der Waals surface area contributed by atoms with E-state index in [1.807, 2.05) is 13.8 Å². The summed E-state index contributed by atoms with van der Waals surface area (Å²) in [6, 6.07) is 4.74. The summed E-state index contributed by atoms with van der Waals surface area (Å²) < 4.78 is 18.6. The molecule has 0 saturated heterocycles. The van der Waals surface area contributed by atoms with Gasteiger partial charge in [0.05, 0.1) is 6.10 Å². The Morgan fingerprint density at radius 2 is 2.00 bits per heavy atom. The fourth-order valence-corrected chi connectivity index (χ4v) is 1.66. The second-order valence-corrected chi connectivity index (χ2v) is 4.80. The van der Waals surface area contributed by atoms with Crippen LogP contribution < -0.4 is 10.1 Å². The Bertz CT molecular complexity index is 621. The zero-order valence-electron chi connectivity index (χ0n) is 11.3. The zero-order chi connectivity index (χ0) is 14.7. The Kier molecular flexibility index (Phi) is 4.34. The van der Waals surface area contributed by atoms with Crippen molar-refractivity contribution in [2.45, 2.75) is 26.9 Å². The van der Waals surface area contributed by atoms with Gasteiger partial charge in [0.25, 0.3) is 0 Å². The van der Waals surface area contributed by atoms with Crippen molar-refractivity contribution >= 4 is 23.2 Å². The Hall–Kier alpha value is -1.95. The molecule has 0 spiro atoms. The molecule has 0 atom stereocenters. The Morgan fingerprint density at radius 1 is 1.25 bits per heavy atom. The lowest BCUT2D eigenvalue weighted by atomic mass is 10.2. The number of rotatable bonds is 4. The van der Waals surface area contributed by atoms with E-state index < -0.39 is 0 Å². The lowest BCUT2D eigenvalue weighted by Gasteiger charge is -2.10. The molecule has 0 amide bonds. The monoisotopic (exact) mass is 296 g/mol. The van der Waals surface area contributed by atoms with E-state index in [2.05, 4.69) is 20.3 Å². The summed E-state index contributed by atoms with van der Waals surface area (Å²) in [5, 5.41) is 2.96. The van der Waals surface area contributed by atoms with Crippen LogP contribution in [0.1, 0.15) is 19.4 Å². The number of anilines is 2. The molecule has 20 heavy (non-hydrogen) atoms. The first-order chi connectivity index (χ1) is 9.44. The molecule has 0 aliphatic rings. The first-order valence-corrected chi connectivity index (χ1v) is 6.43. The summed E-state index contributed by atoms with van der Waals surface area (Å²) in [4.78, 5) is 11.9. The van der Waals surface area contributed by atoms with Crippen molar-refractivity contribution in [1.29, 1.82) is 0 Å². The van der Waals surface area contributed by atoms with E-state index >= 15 is 0 Å². The standard InChI is InChI=1S/C13H14ClFN4O/c1-7(2)20-13-18-11(14)17-12(19-13)16-9-4-5-10(15)8(3)6-9/h4-7H,1-3H3,(H,16,17,18,19). The molecule has 2 aromatic rings. The highest BCUT2D eigenvalue weighted by atomic mass is 35.5. The van der Waals surface area contributed by atoms with Crippen LogP contribution in [0.4, 0.5) is 16.0 Å². The van der Waals surface area contributed by atoms with Crippen LogP contribution in [0.2, 0.25) is 5.28 Å². The van der Waals surface area contributed by atoms with E-state index in [-0.39, 0.29) is 29.2 Å². The number of aromatic nitrogens is 3. The molecule has 0 aliphatic heterocycles. The number of hydrogen-bond acceptors (Lipinski definition) is 5. The largest absolute Gasteiger partial charge is 0.461 e. The minimum Gasteiger partial charge on any atom is -0.461 e. The maximum absolute atomic E-state index is 13.2. The van der Waals surface area contributed by atoms with Gasteiger partial charge in [0, 0.05) is 5.69 Å². The Labute approximate surface area is 121 Å². The predicted molar refractivity (Wildman–Crippen MR) is 75.0 cm³/mol. The van der Waals surface area contributed by atoms with Crippen LogP contribution >= 0.6 is 11.6 Å². The topological polar surface area (TPSA) is 59.9 Å². The maximum atomic E-state index is 13.2. The highest BCUT2D eigenvalue weighted by molar-refractivity contribution is 6.28. The Balaban J connectivity index is 2.24. The van der Waals surface area contributed by atoms with Crippen molar-refractivity contribution in [3.63, 3.8) is 0 Å². The summed E-state index contributed by atoms with van der Waals surface area (Å²) >= 11 is 5.81. The number of ether oxygens (including phenoxy) is 1. The number of hydrogen-bond donors (Lipinski definition) is 1. The van der Waals surface area contributed by atoms with Crippen molar-refractivity contribution in [3.8, 4) is 6.01 Å². The van der Waals surface area contributed by atoms with Gasteiger partial charge in [0.1, 0.15) is 5.82 Å². The van der Waals surface area contributed by atoms with Gasteiger partial charge in [-0.1, -0.05) is 0 Å². The van der Waals surface area contributed by atoms with E-state index in [0.717, 1.165) is 0 Å². The fourth-order valence-electron chi connectivity index (χ4n) is 1.50. The van der Waals surface area contributed by atoms with E-state index in [1.54, 1.807) is 19.1 Å². The highest BCUT2D eigenvalue weighted by Crippen LogP contribution is 2.19. The molecule has 1 aromatic carbocycles. The smallest absolute Gasteiger partial charge is 0.322 e. The predicted octanol–water partition coefficient (Wildman–Crippen LogP) is 3.50. The zero-order valence-corrected chi connectivity index (χ0v) is 12.1. The third-order valence-electron chi connectivity index (χ3n) is 2.34. The van der Waals surface area contributed by atoms with Crippen LogP contribution in [0.25, 0.3) is 0 Å². The molecular formula is C13H14ClFN4O. The lowest BCUT2D eigenvalue weighted by Crippen LogP contribution is -2.10. The maximum Gasteiger partial charge on any atom is 0.322 e. The normalized spacial score (nSPS) is 10.7. The molecule has 106 valence electrons. The second-order valence-electron chi connectivity index (χ2n) is 4.47. The van der Waals surface area contributed by atoms with Gasteiger partial charge in [-0.25, -0.2) is 4.39 Å². The minimum atomic E-state index is -0.270. The van der Waals surface area contributed by atoms with E-state index in [4.69, 9.17) is 16.3 Å². The summed E-state index contributed by atoms with van der Waals surface area (Å²) in [6.45, 7) is 5.39. The first-order valence-electron chi connectivity index (χ1n) is 6.05. The van der Waals surface area contributed by atoms with Crippen molar-refractivity contribution in [2.75, 3.05) is 5.32 Å². The summed E-state index contributed by atoms with van der Waals surface area (Å²) in [7, 11) is 0. The molecule has 0 aliphatic carbocycles. The molecule has 1 N–H and O–H groups in total. The number of benzene rings is 1. The van der Waals surface area contributed by atoms with Crippen LogP contribution in [0, 0.1) is 12.7 Å². The van der Waals surface area contributed by atoms with Crippen LogP contribution in [0.3, 0.4) is 0 Å². The molecule has 0 radical (unpaired) electrons. The molecule has 2 rings (SSSR count). The molecule has 0 unspecified atom stereocenters. The van der Waals surface area contributed by atoms with Gasteiger partial charge in [0.2, 0.25) is 11.2 Å². The van der Waals surface area contributed by atoms with Crippen LogP contribution in [0.15, 0.2) is 18.2 Å². The SMILES string of the molecule is Cc1cc(Nc2nc(Cl)nc(OC(C)C)n2)ccc1F. The highest BCUT2D eigenvalue weighted by Gasteiger charge is 2.08. The van der Waals surface area contributed by atoms with Crippen LogP contribution in [-0.4, -0.2) is 21.1 Å². The average Bonchev–Trinajstić information content (AvgIpc) is 2.32. The molecule has 7 heteroatoms. The van der Waals surface area contributed by atoms with Crippen molar-refractivity contribution in [2.24, 2.45) is 0 Å². The van der Waals surface area contributed by atoms with Gasteiger partial charge in [-0.3, -0.25) is 0 Å². The first kappa shape index (κ1) is 14.5. The van der Waals surface area contributed by atoms with E-state index in [0.29, 0.717) is 11.3 Å². The average molecular weight is 297 g/mol. The van der Waals surface area contributed by atoms with Gasteiger partial charge in [-0.2, -0.15) is 15.0 Å². The van der Waals surface area contributed by atoms with Gasteiger partial charge in [-0.15, -0.1) is 0 Å². The number of halogens is 2. The summed E-state index contributed by atoms with van der Waals surface area (Å²) in [6.07, 6.45) is -0.0746. The molecule has 5 nitrogen and oxygen atoms in total. The fraction of sp³-hybridized carbons (Fsp3) is 0.308. The molecule has 0 saturated carbocycles. The molecule has 0 bridgehead atoms. The third-order valence-corrected chi connectivity index (χ3v) is 2.51. The number of aryl methyl sites for hydroxylation is 1. The molecular weight excluding hydrogens is 283 g/mol. The Morgan fingerprint density at radius 3 is 2.65 bits per heavy atom. The van der Waals surface area contributed by atoms with Gasteiger partial charge in [0.15, 0.2) is 0 Å². The number of nitrogens with one attached hydrogen (secondary N) is 1. The summed E-state index contributed by atoms with van der Waals surface area (Å²) in [5.74, 6) is -0.0280. The lowest BCUT2D eigenvalue weighted by molar-refractivity contribution is 0.222. The van der Waals surface area contributed by atoms with Crippen LogP contribution in [-0.2, 0) is 0 Å². The van der Waals surface area contributed by atoms with Gasteiger partial charge >= 0.3 is 6.01 Å². The van der Waals surface area contributed by atoms with Gasteiger partial charge < -0.3 is 10.1 Å². The van der Waals surface area contributed by atoms with E-state index in [9.17, 15) is 4.39 Å². The quantitative estimate of drug-likeness (QED) is 0.935. The van der Waals surface area contributed by atoms with E-state index in [1.165, 1.54) is 6.07 Å². The number of nitrogens with zero attached hydrogens (tertiary/aromatic N) is 3. The molecule has 1 heterocycles. The minimum absolute atomic E-state index is 0.0250. The third kappa shape index (κ3) is 3.77. The van der Waals surface area contributed by atoms with Crippen LogP contribution in [0.5, 0.6) is 6.01 Å².